The largest absolute Gasteiger partial charge is 0.453 e. The third kappa shape index (κ3) is 8.64. The molecule has 0 saturated carbocycles. The average Bonchev–Trinajstić information content (AvgIpc) is 3.87. The van der Waals surface area contributed by atoms with Crippen molar-refractivity contribution in [3.8, 4) is 23.7 Å². The Balaban J connectivity index is 1.35. The van der Waals surface area contributed by atoms with E-state index in [1.165, 1.54) is 14.2 Å². The second-order valence-electron chi connectivity index (χ2n) is 12.2. The molecule has 4 amide bonds. The molecule has 0 aromatic carbocycles. The molecule has 14 heteroatoms. The van der Waals surface area contributed by atoms with Gasteiger partial charge in [0.25, 0.3) is 0 Å². The van der Waals surface area contributed by atoms with E-state index < -0.39 is 24.3 Å². The molecule has 0 aliphatic carbocycles. The van der Waals surface area contributed by atoms with Crippen LogP contribution in [0.4, 0.5) is 9.59 Å². The highest BCUT2D eigenvalue weighted by Crippen LogP contribution is 2.32. The summed E-state index contributed by atoms with van der Waals surface area (Å²) in [5.41, 5.74) is 1.23. The van der Waals surface area contributed by atoms with E-state index in [1.807, 2.05) is 27.7 Å². The van der Waals surface area contributed by atoms with Crippen molar-refractivity contribution in [2.75, 3.05) is 27.3 Å². The average molecular weight is 649 g/mol. The minimum atomic E-state index is -0.700. The smallest absolute Gasteiger partial charge is 0.407 e. The predicted octanol–water partition coefficient (Wildman–Crippen LogP) is 3.01. The highest BCUT2D eigenvalue weighted by molar-refractivity contribution is 5.87. The molecule has 2 aliphatic heterocycles. The van der Waals surface area contributed by atoms with Crippen molar-refractivity contribution < 1.29 is 28.7 Å². The summed E-state index contributed by atoms with van der Waals surface area (Å²) < 4.78 is 9.41. The van der Waals surface area contributed by atoms with E-state index in [0.717, 1.165) is 25.7 Å². The minimum Gasteiger partial charge on any atom is -0.453 e. The zero-order chi connectivity index (χ0) is 34.1. The van der Waals surface area contributed by atoms with E-state index in [-0.39, 0.29) is 35.7 Å². The Hall–Kier alpha value is -4.98. The molecular formula is C33H44N8O6. The number of aromatic nitrogens is 4. The number of aromatic amines is 2. The third-order valence-corrected chi connectivity index (χ3v) is 8.30. The van der Waals surface area contributed by atoms with Gasteiger partial charge in [0.2, 0.25) is 11.8 Å². The molecule has 2 aliphatic rings. The quantitative estimate of drug-likeness (QED) is 0.316. The van der Waals surface area contributed by atoms with E-state index in [1.54, 1.807) is 22.2 Å². The fraction of sp³-hybridized carbons (Fsp3) is 0.576. The zero-order valence-electron chi connectivity index (χ0n) is 27.8. The van der Waals surface area contributed by atoms with Crippen molar-refractivity contribution in [3.05, 3.63) is 35.4 Å². The van der Waals surface area contributed by atoms with Crippen LogP contribution in [0, 0.1) is 35.5 Å². The first-order chi connectivity index (χ1) is 22.5. The molecule has 2 aromatic rings. The van der Waals surface area contributed by atoms with Gasteiger partial charge in [-0.25, -0.2) is 19.6 Å². The van der Waals surface area contributed by atoms with Crippen molar-refractivity contribution >= 4 is 24.0 Å². The molecule has 4 atom stereocenters. The van der Waals surface area contributed by atoms with Gasteiger partial charge >= 0.3 is 12.2 Å². The van der Waals surface area contributed by atoms with Gasteiger partial charge in [-0.3, -0.25) is 9.59 Å². The summed E-state index contributed by atoms with van der Waals surface area (Å²) in [6.07, 6.45) is 5.46. The van der Waals surface area contributed by atoms with Gasteiger partial charge in [-0.1, -0.05) is 39.5 Å². The highest BCUT2D eigenvalue weighted by atomic mass is 16.5. The van der Waals surface area contributed by atoms with Gasteiger partial charge in [0.05, 0.1) is 45.1 Å². The molecule has 252 valence electrons. The maximum atomic E-state index is 13.3. The van der Waals surface area contributed by atoms with Crippen LogP contribution >= 0.6 is 0 Å². The van der Waals surface area contributed by atoms with Crippen molar-refractivity contribution in [1.82, 2.24) is 40.4 Å². The second-order valence-corrected chi connectivity index (χ2v) is 12.2. The predicted molar refractivity (Wildman–Crippen MR) is 171 cm³/mol. The van der Waals surface area contributed by atoms with Crippen molar-refractivity contribution in [2.24, 2.45) is 11.8 Å². The summed E-state index contributed by atoms with van der Waals surface area (Å²) in [5, 5.41) is 5.30. The van der Waals surface area contributed by atoms with Gasteiger partial charge in [-0.05, 0) is 49.4 Å². The molecule has 2 fully saturated rings. The Morgan fingerprint density at radius 2 is 1.19 bits per heavy atom. The molecule has 2 saturated heterocycles. The summed E-state index contributed by atoms with van der Waals surface area (Å²) in [6.45, 7) is 8.65. The van der Waals surface area contributed by atoms with Crippen LogP contribution in [0.2, 0.25) is 0 Å². The number of ether oxygens (including phenoxy) is 2. The fourth-order valence-corrected chi connectivity index (χ4v) is 5.85. The van der Waals surface area contributed by atoms with Crippen LogP contribution in [0.1, 0.15) is 94.9 Å². The molecule has 2 aromatic heterocycles. The molecule has 0 unspecified atom stereocenters. The number of carbonyl (C=O) groups excluding carboxylic acids is 4. The summed E-state index contributed by atoms with van der Waals surface area (Å²) in [5.74, 6) is 12.9. The van der Waals surface area contributed by atoms with E-state index in [0.29, 0.717) is 42.5 Å². The van der Waals surface area contributed by atoms with E-state index in [2.05, 4.69) is 54.3 Å². The topological polar surface area (TPSA) is 175 Å². The Kier molecular flexibility index (Phi) is 11.9. The first kappa shape index (κ1) is 34.9. The second kappa shape index (κ2) is 16.0. The third-order valence-electron chi connectivity index (χ3n) is 8.30. The minimum absolute atomic E-state index is 0.115. The molecule has 4 N–H and O–H groups in total. The van der Waals surface area contributed by atoms with Gasteiger partial charge in [0.1, 0.15) is 35.1 Å². The van der Waals surface area contributed by atoms with Crippen molar-refractivity contribution in [3.63, 3.8) is 0 Å². The van der Waals surface area contributed by atoms with Crippen LogP contribution in [-0.4, -0.2) is 93.1 Å². The number of hydrogen-bond acceptors (Lipinski definition) is 8. The lowest BCUT2D eigenvalue weighted by atomic mass is 10.0. The molecule has 4 heterocycles. The number of rotatable bonds is 8. The molecule has 4 rings (SSSR count). The molecular weight excluding hydrogens is 604 g/mol. The van der Waals surface area contributed by atoms with Crippen LogP contribution in [-0.2, 0) is 19.1 Å². The van der Waals surface area contributed by atoms with Crippen LogP contribution in [0.15, 0.2) is 12.4 Å². The Morgan fingerprint density at radius 1 is 0.787 bits per heavy atom. The van der Waals surface area contributed by atoms with Crippen LogP contribution in [0.3, 0.4) is 0 Å². The lowest BCUT2D eigenvalue weighted by Gasteiger charge is -2.29. The van der Waals surface area contributed by atoms with Crippen LogP contribution < -0.4 is 10.6 Å². The first-order valence-corrected chi connectivity index (χ1v) is 15.9. The number of imidazole rings is 2. The number of nitrogens with zero attached hydrogens (tertiary/aromatic N) is 4. The maximum absolute atomic E-state index is 13.3. The summed E-state index contributed by atoms with van der Waals surface area (Å²) in [7, 11) is 2.54. The number of hydrogen-bond donors (Lipinski definition) is 4. The number of nitrogens with one attached hydrogen (secondary N) is 4. The molecule has 47 heavy (non-hydrogen) atoms. The Bertz CT molecular complexity index is 1440. The van der Waals surface area contributed by atoms with E-state index in [4.69, 9.17) is 9.47 Å². The number of amides is 4. The number of H-pyrrole nitrogens is 2. The number of carbonyl (C=O) groups is 4. The lowest BCUT2D eigenvalue weighted by Crippen LogP contribution is -2.51. The Morgan fingerprint density at radius 3 is 1.55 bits per heavy atom. The standard InChI is InChI=1S/C33H44N8O6/c1-20(2)26(38-32(44)46-5)30(42)40-16-10-14-24(40)28-34-18-22(36-28)12-8-7-9-13-23-19-35-29(37-23)25-15-11-17-41(25)31(43)27(21(3)4)39-33(45)47-6/h18-21,24-27H,7,10-11,14-17H2,1-6H3,(H,34,36)(H,35,37)(H,38,44)(H,39,45)/t24-,25-,26-,27-/m0/s1. The molecule has 0 spiro atoms. The van der Waals surface area contributed by atoms with Gasteiger partial charge in [0, 0.05) is 13.1 Å². The SMILES string of the molecule is COC(=O)N[C@H](C(=O)N1CCC[C@H]1c1ncc(C#CCC#Cc2cnc([C@@H]3CCCN3C(=O)[C@@H](NC(=O)OC)C(C)C)[nH]2)[nH]1)C(C)C. The van der Waals surface area contributed by atoms with E-state index in [9.17, 15) is 19.2 Å². The molecule has 14 nitrogen and oxygen atoms in total. The number of likely N-dealkylation sites (tertiary alicyclic amines) is 2. The monoisotopic (exact) mass is 648 g/mol. The Labute approximate surface area is 275 Å². The lowest BCUT2D eigenvalue weighted by molar-refractivity contribution is -0.136. The van der Waals surface area contributed by atoms with Gasteiger partial charge in [0.15, 0.2) is 0 Å². The normalized spacial score (nSPS) is 18.6. The number of methoxy groups -OCH3 is 2. The highest BCUT2D eigenvalue weighted by Gasteiger charge is 2.38. The molecule has 0 bridgehead atoms. The van der Waals surface area contributed by atoms with Gasteiger partial charge in [-0.2, -0.15) is 0 Å². The number of alkyl carbamates (subject to hydrolysis) is 2. The van der Waals surface area contributed by atoms with Gasteiger partial charge < -0.3 is 39.9 Å². The summed E-state index contributed by atoms with van der Waals surface area (Å²) in [6, 6.07) is -1.87. The summed E-state index contributed by atoms with van der Waals surface area (Å²) >= 11 is 0. The zero-order valence-corrected chi connectivity index (χ0v) is 27.8. The van der Waals surface area contributed by atoms with Crippen LogP contribution in [0.25, 0.3) is 0 Å². The summed E-state index contributed by atoms with van der Waals surface area (Å²) in [4.78, 5) is 69.2. The van der Waals surface area contributed by atoms with Crippen LogP contribution in [0.5, 0.6) is 0 Å². The van der Waals surface area contributed by atoms with Crippen molar-refractivity contribution in [1.29, 1.82) is 0 Å². The van der Waals surface area contributed by atoms with Gasteiger partial charge in [-0.15, -0.1) is 0 Å². The first-order valence-electron chi connectivity index (χ1n) is 15.9. The van der Waals surface area contributed by atoms with Crippen molar-refractivity contribution in [2.45, 2.75) is 84.0 Å². The molecule has 0 radical (unpaired) electrons. The maximum Gasteiger partial charge on any atom is 0.407 e. The fourth-order valence-electron chi connectivity index (χ4n) is 5.85. The van der Waals surface area contributed by atoms with E-state index >= 15 is 0 Å².